The summed E-state index contributed by atoms with van der Waals surface area (Å²) in [6.07, 6.45) is -10.1. The van der Waals surface area contributed by atoms with Crippen molar-refractivity contribution in [3.8, 4) is 40.1 Å². The van der Waals surface area contributed by atoms with E-state index < -0.39 is 93.0 Å². The monoisotopic (exact) mass is 566 g/mol. The van der Waals surface area contributed by atoms with Crippen LogP contribution in [0, 0.1) is 0 Å². The molecule has 7 N–H and O–H groups in total. The SMILES string of the molecule is O=c1c(OC2OC(CO)C(O)C(O)C2OS(=O)(=O)[O-])c(-c2ccc(O)c(O)c2)oc2cc(O)cc(O)c12.[Na+]. The van der Waals surface area contributed by atoms with Crippen molar-refractivity contribution in [1.82, 2.24) is 0 Å². The third-order valence-corrected chi connectivity index (χ3v) is 5.90. The van der Waals surface area contributed by atoms with Gasteiger partial charge in [-0.05, 0) is 18.2 Å². The van der Waals surface area contributed by atoms with Gasteiger partial charge in [0, 0.05) is 17.7 Å². The first-order valence-corrected chi connectivity index (χ1v) is 11.6. The maximum absolute atomic E-state index is 13.4. The van der Waals surface area contributed by atoms with Crippen LogP contribution in [0.25, 0.3) is 22.3 Å². The largest absolute Gasteiger partial charge is 1.00 e. The molecule has 5 atom stereocenters. The van der Waals surface area contributed by atoms with Crippen molar-refractivity contribution in [3.63, 3.8) is 0 Å². The Kier molecular flexibility index (Phi) is 8.84. The van der Waals surface area contributed by atoms with Crippen LogP contribution in [0.15, 0.2) is 39.5 Å². The Morgan fingerprint density at radius 1 is 0.974 bits per heavy atom. The molecule has 0 spiro atoms. The zero-order valence-electron chi connectivity index (χ0n) is 19.3. The van der Waals surface area contributed by atoms with Crippen molar-refractivity contribution in [3.05, 3.63) is 40.6 Å². The van der Waals surface area contributed by atoms with Gasteiger partial charge in [-0.15, -0.1) is 0 Å². The second-order valence-electron chi connectivity index (χ2n) is 7.92. The van der Waals surface area contributed by atoms with Crippen LogP contribution in [0.4, 0.5) is 0 Å². The molecule has 0 amide bonds. The van der Waals surface area contributed by atoms with Gasteiger partial charge in [-0.2, -0.15) is 0 Å². The summed E-state index contributed by atoms with van der Waals surface area (Å²) in [6, 6.07) is 4.92. The first-order valence-electron chi connectivity index (χ1n) is 10.3. The van der Waals surface area contributed by atoms with E-state index in [4.69, 9.17) is 13.9 Å². The molecule has 4 rings (SSSR count). The third-order valence-electron chi connectivity index (χ3n) is 5.44. The van der Waals surface area contributed by atoms with Crippen molar-refractivity contribution in [2.75, 3.05) is 6.61 Å². The van der Waals surface area contributed by atoms with Gasteiger partial charge in [0.15, 0.2) is 23.4 Å². The Balaban J connectivity index is 0.00000400. The van der Waals surface area contributed by atoms with Crippen LogP contribution in [0.1, 0.15) is 0 Å². The summed E-state index contributed by atoms with van der Waals surface area (Å²) in [7, 11) is -5.53. The molecule has 0 saturated carbocycles. The van der Waals surface area contributed by atoms with Crippen LogP contribution < -0.4 is 39.7 Å². The van der Waals surface area contributed by atoms with Crippen LogP contribution in [0.3, 0.4) is 0 Å². The van der Waals surface area contributed by atoms with Crippen LogP contribution in [0.2, 0.25) is 0 Å². The molecule has 2 aromatic carbocycles. The number of hydrogen-bond acceptors (Lipinski definition) is 15. The van der Waals surface area contributed by atoms with Gasteiger partial charge < -0.3 is 54.2 Å². The molecule has 0 bridgehead atoms. The van der Waals surface area contributed by atoms with Crippen molar-refractivity contribution in [2.24, 2.45) is 0 Å². The maximum Gasteiger partial charge on any atom is 1.00 e. The van der Waals surface area contributed by atoms with Gasteiger partial charge in [0.25, 0.3) is 0 Å². The van der Waals surface area contributed by atoms with Gasteiger partial charge in [0.05, 0.1) is 6.61 Å². The molecule has 1 aromatic heterocycles. The van der Waals surface area contributed by atoms with Crippen molar-refractivity contribution in [1.29, 1.82) is 0 Å². The smallest absolute Gasteiger partial charge is 0.726 e. The number of hydrogen-bond donors (Lipinski definition) is 7. The van der Waals surface area contributed by atoms with E-state index in [0.29, 0.717) is 0 Å². The number of aliphatic hydroxyl groups is 3. The van der Waals surface area contributed by atoms with E-state index in [1.54, 1.807) is 0 Å². The topological polar surface area (TPSA) is 257 Å². The minimum atomic E-state index is -5.53. The van der Waals surface area contributed by atoms with Crippen LogP contribution in [-0.2, 0) is 19.3 Å². The molecule has 17 heteroatoms. The molecule has 2 heterocycles. The summed E-state index contributed by atoms with van der Waals surface area (Å²) in [5.74, 6) is -3.79. The third kappa shape index (κ3) is 5.84. The van der Waals surface area contributed by atoms with Gasteiger partial charge in [-0.3, -0.25) is 8.98 Å². The predicted octanol–water partition coefficient (Wildman–Crippen LogP) is -4.05. The van der Waals surface area contributed by atoms with E-state index in [2.05, 4.69) is 4.18 Å². The summed E-state index contributed by atoms with van der Waals surface area (Å²) in [5, 5.41) is 69.0. The number of phenolic OH excluding ortho intramolecular Hbond substituents is 4. The van der Waals surface area contributed by atoms with Crippen molar-refractivity contribution in [2.45, 2.75) is 30.7 Å². The second kappa shape index (κ2) is 11.2. The maximum atomic E-state index is 13.4. The van der Waals surface area contributed by atoms with E-state index in [1.807, 2.05) is 0 Å². The van der Waals surface area contributed by atoms with Gasteiger partial charge in [0.2, 0.25) is 27.9 Å². The fraction of sp³-hybridized carbons (Fsp3) is 0.286. The second-order valence-corrected chi connectivity index (χ2v) is 8.93. The van der Waals surface area contributed by atoms with Crippen molar-refractivity contribution < 1.29 is 96.3 Å². The van der Waals surface area contributed by atoms with Crippen molar-refractivity contribution >= 4 is 21.4 Å². The Bertz CT molecular complexity index is 1500. The van der Waals surface area contributed by atoms with Crippen LogP contribution >= 0.6 is 0 Å². The quantitative estimate of drug-likeness (QED) is 0.0648. The van der Waals surface area contributed by atoms with E-state index in [1.165, 1.54) is 6.07 Å². The van der Waals surface area contributed by atoms with Crippen LogP contribution in [0.5, 0.6) is 28.7 Å². The standard InChI is InChI=1S/C21H20O15S.Na/c22-6-13-15(27)17(29)20(36-37(30,31)32)21(34-13)35-19-16(28)14-11(26)4-8(23)5-12(14)33-18(19)7-1-2-9(24)10(25)3-7;/h1-5,13,15,17,20-27,29H,6H2,(H,30,31,32);/q;+1/p-1. The van der Waals surface area contributed by atoms with Gasteiger partial charge in [0.1, 0.15) is 40.8 Å². The Morgan fingerprint density at radius 2 is 1.66 bits per heavy atom. The normalized spacial score (nSPS) is 23.6. The first kappa shape index (κ1) is 29.9. The molecule has 1 fully saturated rings. The molecule has 200 valence electrons. The minimum absolute atomic E-state index is 0. The molecular weight excluding hydrogens is 547 g/mol. The summed E-state index contributed by atoms with van der Waals surface area (Å²) >= 11 is 0. The van der Waals surface area contributed by atoms with Gasteiger partial charge >= 0.3 is 29.6 Å². The Labute approximate surface area is 234 Å². The summed E-state index contributed by atoms with van der Waals surface area (Å²) < 4.78 is 54.4. The molecule has 1 aliphatic heterocycles. The number of ether oxygens (including phenoxy) is 2. The molecule has 1 aliphatic rings. The molecule has 3 aromatic rings. The fourth-order valence-electron chi connectivity index (χ4n) is 3.74. The molecule has 38 heavy (non-hydrogen) atoms. The number of phenols is 4. The van der Waals surface area contributed by atoms with Gasteiger partial charge in [-0.25, -0.2) is 8.42 Å². The average molecular weight is 566 g/mol. The number of aliphatic hydroxyl groups excluding tert-OH is 3. The number of benzene rings is 2. The molecular formula is C21H19NaO15S. The molecule has 0 aliphatic carbocycles. The zero-order valence-corrected chi connectivity index (χ0v) is 22.1. The molecule has 5 unspecified atom stereocenters. The number of fused-ring (bicyclic) bond motifs is 1. The van der Waals surface area contributed by atoms with E-state index in [0.717, 1.165) is 24.3 Å². The Hall–Kier alpha value is -2.64. The summed E-state index contributed by atoms with van der Waals surface area (Å²) in [6.45, 7) is -0.917. The summed E-state index contributed by atoms with van der Waals surface area (Å²) in [4.78, 5) is 13.4. The average Bonchev–Trinajstić information content (AvgIpc) is 2.80. The fourth-order valence-corrected chi connectivity index (χ4v) is 4.21. The molecule has 0 radical (unpaired) electrons. The van der Waals surface area contributed by atoms with Crippen LogP contribution in [-0.4, -0.2) is 86.0 Å². The summed E-state index contributed by atoms with van der Waals surface area (Å²) in [5.41, 5.74) is -1.61. The van der Waals surface area contributed by atoms with E-state index in [-0.39, 0.29) is 40.7 Å². The zero-order chi connectivity index (χ0) is 27.2. The van der Waals surface area contributed by atoms with E-state index in [9.17, 15) is 53.5 Å². The predicted molar refractivity (Wildman–Crippen MR) is 118 cm³/mol. The van der Waals surface area contributed by atoms with E-state index >= 15 is 0 Å². The minimum Gasteiger partial charge on any atom is -0.726 e. The number of rotatable bonds is 6. The molecule has 1 saturated heterocycles. The first-order chi connectivity index (χ1) is 17.3. The molecule has 15 nitrogen and oxygen atoms in total. The Morgan fingerprint density at radius 3 is 2.26 bits per heavy atom. The number of aromatic hydroxyl groups is 4. The van der Waals surface area contributed by atoms with Gasteiger partial charge in [-0.1, -0.05) is 0 Å².